The number of anilines is 2. The monoisotopic (exact) mass is 229 g/mol. The van der Waals surface area contributed by atoms with E-state index in [9.17, 15) is 4.79 Å². The number of carbonyl (C=O) groups is 1. The van der Waals surface area contributed by atoms with E-state index in [0.717, 1.165) is 11.3 Å². The van der Waals surface area contributed by atoms with Gasteiger partial charge in [-0.05, 0) is 30.7 Å². The lowest BCUT2D eigenvalue weighted by molar-refractivity contribution is 0.0697. The average Bonchev–Trinajstić information content (AvgIpc) is 2.29. The molecule has 0 amide bonds. The molecule has 1 aromatic heterocycles. The lowest BCUT2D eigenvalue weighted by atomic mass is 10.2. The molecule has 2 N–H and O–H groups in total. The van der Waals surface area contributed by atoms with Crippen LogP contribution in [0.2, 0.25) is 0 Å². The Morgan fingerprint density at radius 1 is 1.35 bits per heavy atom. The number of carboxylic acids is 1. The Morgan fingerprint density at radius 3 is 2.88 bits per heavy atom. The van der Waals surface area contributed by atoms with Crippen molar-refractivity contribution in [3.05, 3.63) is 47.7 Å². The molecular weight excluding hydrogens is 218 g/mol. The number of aryl methyl sites for hydroxylation is 1. The number of nitrogens with one attached hydrogen (secondary N) is 1. The molecule has 0 saturated heterocycles. The van der Waals surface area contributed by atoms with Crippen LogP contribution in [0.15, 0.2) is 36.5 Å². The summed E-state index contributed by atoms with van der Waals surface area (Å²) < 4.78 is 0. The fourth-order valence-corrected chi connectivity index (χ4v) is 1.46. The Balaban J connectivity index is 2.33. The van der Waals surface area contributed by atoms with E-state index < -0.39 is 5.97 Å². The predicted octanol–water partition coefficient (Wildman–Crippen LogP) is 2.23. The van der Waals surface area contributed by atoms with Crippen LogP contribution in [0, 0.1) is 6.92 Å². The number of hydrogen-bond donors (Lipinski definition) is 2. The zero-order chi connectivity index (χ0) is 12.3. The molecule has 1 heterocycles. The van der Waals surface area contributed by atoms with Crippen molar-refractivity contribution in [3.8, 4) is 0 Å². The Bertz CT molecular complexity index is 555. The maximum absolute atomic E-state index is 11.0. The van der Waals surface area contributed by atoms with Crippen molar-refractivity contribution < 1.29 is 9.90 Å². The van der Waals surface area contributed by atoms with Gasteiger partial charge in [0, 0.05) is 5.69 Å². The fourth-order valence-electron chi connectivity index (χ4n) is 1.46. The fraction of sp³-hybridized carbons (Fsp3) is 0.0833. The van der Waals surface area contributed by atoms with Crippen LogP contribution in [0.4, 0.5) is 11.5 Å². The van der Waals surface area contributed by atoms with Crippen molar-refractivity contribution in [2.75, 3.05) is 5.32 Å². The van der Waals surface area contributed by atoms with Crippen LogP contribution in [0.5, 0.6) is 0 Å². The number of hydrogen-bond acceptors (Lipinski definition) is 4. The largest absolute Gasteiger partial charge is 0.478 e. The molecule has 5 nitrogen and oxygen atoms in total. The summed E-state index contributed by atoms with van der Waals surface area (Å²) in [5.74, 6) is -0.791. The van der Waals surface area contributed by atoms with Gasteiger partial charge in [-0.1, -0.05) is 12.1 Å². The summed E-state index contributed by atoms with van der Waals surface area (Å²) in [6.07, 6.45) is 1.35. The zero-order valence-electron chi connectivity index (χ0n) is 9.21. The lowest BCUT2D eigenvalue weighted by Gasteiger charge is -2.07. The van der Waals surface area contributed by atoms with Gasteiger partial charge in [0.05, 0.1) is 6.20 Å². The van der Waals surface area contributed by atoms with E-state index in [2.05, 4.69) is 15.5 Å². The Hall–Kier alpha value is -2.43. The molecule has 0 aliphatic carbocycles. The topological polar surface area (TPSA) is 75.1 Å². The maximum atomic E-state index is 11.0. The van der Waals surface area contributed by atoms with Crippen LogP contribution >= 0.6 is 0 Å². The van der Waals surface area contributed by atoms with Gasteiger partial charge in [0.2, 0.25) is 0 Å². The third kappa shape index (κ3) is 2.57. The van der Waals surface area contributed by atoms with Crippen LogP contribution in [0.3, 0.4) is 0 Å². The summed E-state index contributed by atoms with van der Waals surface area (Å²) in [4.78, 5) is 11.0. The first-order valence-electron chi connectivity index (χ1n) is 5.05. The minimum absolute atomic E-state index is 0.0986. The molecule has 17 heavy (non-hydrogen) atoms. The molecule has 5 heteroatoms. The van der Waals surface area contributed by atoms with Crippen molar-refractivity contribution in [2.45, 2.75) is 6.92 Å². The van der Waals surface area contributed by atoms with E-state index in [0.29, 0.717) is 0 Å². The van der Waals surface area contributed by atoms with E-state index in [1.165, 1.54) is 12.3 Å². The van der Waals surface area contributed by atoms with Crippen molar-refractivity contribution >= 4 is 17.5 Å². The quantitative estimate of drug-likeness (QED) is 0.844. The zero-order valence-corrected chi connectivity index (χ0v) is 9.21. The van der Waals surface area contributed by atoms with Crippen LogP contribution in [0.25, 0.3) is 0 Å². The van der Waals surface area contributed by atoms with Gasteiger partial charge in [-0.15, -0.1) is 5.10 Å². The highest BCUT2D eigenvalue weighted by Gasteiger charge is 2.11. The number of rotatable bonds is 3. The second-order valence-corrected chi connectivity index (χ2v) is 3.59. The summed E-state index contributed by atoms with van der Waals surface area (Å²) in [5.41, 5.74) is 1.96. The third-order valence-corrected chi connectivity index (χ3v) is 2.23. The Morgan fingerprint density at radius 2 is 2.18 bits per heavy atom. The Kier molecular flexibility index (Phi) is 3.00. The highest BCUT2D eigenvalue weighted by molar-refractivity contribution is 5.93. The predicted molar refractivity (Wildman–Crippen MR) is 63.5 cm³/mol. The van der Waals surface area contributed by atoms with E-state index in [4.69, 9.17) is 5.11 Å². The van der Waals surface area contributed by atoms with E-state index in [1.807, 2.05) is 31.2 Å². The second-order valence-electron chi connectivity index (χ2n) is 3.59. The number of nitrogens with zero attached hydrogens (tertiary/aromatic N) is 2. The molecule has 0 fully saturated rings. The summed E-state index contributed by atoms with van der Waals surface area (Å²) in [6.45, 7) is 1.96. The summed E-state index contributed by atoms with van der Waals surface area (Å²) in [5, 5.41) is 19.4. The number of benzene rings is 1. The molecule has 0 atom stereocenters. The van der Waals surface area contributed by atoms with Crippen LogP contribution in [-0.2, 0) is 0 Å². The normalized spacial score (nSPS) is 9.94. The van der Waals surface area contributed by atoms with Gasteiger partial charge in [-0.2, -0.15) is 5.10 Å². The van der Waals surface area contributed by atoms with Crippen molar-refractivity contribution in [3.63, 3.8) is 0 Å². The van der Waals surface area contributed by atoms with E-state index in [-0.39, 0.29) is 11.4 Å². The molecular formula is C12H11N3O2. The first kappa shape index (κ1) is 11.1. The SMILES string of the molecule is Cc1cccc(Nc2nnccc2C(=O)O)c1. The highest BCUT2D eigenvalue weighted by Crippen LogP contribution is 2.18. The molecule has 0 saturated carbocycles. The first-order chi connectivity index (χ1) is 8.16. The number of aromatic nitrogens is 2. The van der Waals surface area contributed by atoms with E-state index in [1.54, 1.807) is 0 Å². The molecule has 0 bridgehead atoms. The molecule has 2 rings (SSSR count). The van der Waals surface area contributed by atoms with Crippen LogP contribution < -0.4 is 5.32 Å². The molecule has 0 radical (unpaired) electrons. The van der Waals surface area contributed by atoms with Crippen LogP contribution in [-0.4, -0.2) is 21.3 Å². The lowest BCUT2D eigenvalue weighted by Crippen LogP contribution is -2.05. The first-order valence-corrected chi connectivity index (χ1v) is 5.05. The molecule has 1 aromatic carbocycles. The molecule has 0 spiro atoms. The maximum Gasteiger partial charge on any atom is 0.339 e. The summed E-state index contributed by atoms with van der Waals surface area (Å²) >= 11 is 0. The van der Waals surface area contributed by atoms with Crippen LogP contribution in [0.1, 0.15) is 15.9 Å². The minimum atomic E-state index is -1.03. The van der Waals surface area contributed by atoms with Crippen molar-refractivity contribution in [1.82, 2.24) is 10.2 Å². The van der Waals surface area contributed by atoms with E-state index >= 15 is 0 Å². The van der Waals surface area contributed by atoms with Gasteiger partial charge in [-0.3, -0.25) is 0 Å². The third-order valence-electron chi connectivity index (χ3n) is 2.23. The molecule has 0 unspecified atom stereocenters. The second kappa shape index (κ2) is 4.61. The molecule has 2 aromatic rings. The van der Waals surface area contributed by atoms with Gasteiger partial charge in [0.15, 0.2) is 5.82 Å². The number of aromatic carboxylic acids is 1. The molecule has 86 valence electrons. The average molecular weight is 229 g/mol. The minimum Gasteiger partial charge on any atom is -0.478 e. The van der Waals surface area contributed by atoms with Gasteiger partial charge < -0.3 is 10.4 Å². The van der Waals surface area contributed by atoms with Gasteiger partial charge in [-0.25, -0.2) is 4.79 Å². The van der Waals surface area contributed by atoms with Crippen molar-refractivity contribution in [1.29, 1.82) is 0 Å². The van der Waals surface area contributed by atoms with Crippen molar-refractivity contribution in [2.24, 2.45) is 0 Å². The number of carboxylic acid groups (broad SMARTS) is 1. The van der Waals surface area contributed by atoms with Gasteiger partial charge in [0.25, 0.3) is 0 Å². The van der Waals surface area contributed by atoms with Gasteiger partial charge in [0.1, 0.15) is 5.56 Å². The summed E-state index contributed by atoms with van der Waals surface area (Å²) in [7, 11) is 0. The molecule has 0 aliphatic rings. The van der Waals surface area contributed by atoms with Gasteiger partial charge >= 0.3 is 5.97 Å². The standard InChI is InChI=1S/C12H11N3O2/c1-8-3-2-4-9(7-8)14-11-10(12(16)17)5-6-13-15-11/h2-7H,1H3,(H,14,15)(H,16,17). The Labute approximate surface area is 98.1 Å². The molecule has 0 aliphatic heterocycles. The smallest absolute Gasteiger partial charge is 0.339 e. The highest BCUT2D eigenvalue weighted by atomic mass is 16.4. The summed E-state index contributed by atoms with van der Waals surface area (Å²) in [6, 6.07) is 9.00.